The Bertz CT molecular complexity index is 530. The minimum absolute atomic E-state index is 0.242. The molecule has 0 unspecified atom stereocenters. The minimum Gasteiger partial charge on any atom is -0.508 e. The van der Waals surface area contributed by atoms with E-state index in [1.165, 1.54) is 0 Å². The van der Waals surface area contributed by atoms with E-state index in [4.69, 9.17) is 9.47 Å². The Morgan fingerprint density at radius 1 is 0.944 bits per heavy atom. The highest BCUT2D eigenvalue weighted by Gasteiger charge is 2.09. The second-order valence-electron chi connectivity index (χ2n) is 3.52. The molecule has 0 spiro atoms. The van der Waals surface area contributed by atoms with Gasteiger partial charge in [0.15, 0.2) is 5.75 Å². The van der Waals surface area contributed by atoms with Crippen LogP contribution in [0, 0.1) is 7.14 Å². The Balaban J connectivity index is 2.28. The van der Waals surface area contributed by atoms with Gasteiger partial charge in [0.25, 0.3) is 0 Å². The van der Waals surface area contributed by atoms with E-state index < -0.39 is 0 Å². The topological polar surface area (TPSA) is 38.7 Å². The zero-order valence-corrected chi connectivity index (χ0v) is 13.8. The lowest BCUT2D eigenvalue weighted by molar-refractivity contribution is 0.412. The van der Waals surface area contributed by atoms with Crippen molar-refractivity contribution in [2.24, 2.45) is 0 Å². The number of aromatic hydroxyl groups is 1. The summed E-state index contributed by atoms with van der Waals surface area (Å²) in [5.41, 5.74) is 0. The van der Waals surface area contributed by atoms with E-state index in [1.54, 1.807) is 19.2 Å². The molecule has 0 saturated heterocycles. The van der Waals surface area contributed by atoms with Crippen molar-refractivity contribution in [2.45, 2.75) is 0 Å². The lowest BCUT2D eigenvalue weighted by atomic mass is 10.3. The second kappa shape index (κ2) is 5.96. The summed E-state index contributed by atoms with van der Waals surface area (Å²) in [5, 5.41) is 9.47. The van der Waals surface area contributed by atoms with Crippen LogP contribution in [-0.2, 0) is 0 Å². The fraction of sp³-hybridized carbons (Fsp3) is 0.0769. The predicted octanol–water partition coefficient (Wildman–Crippen LogP) is 4.40. The molecule has 0 saturated carbocycles. The molecule has 5 heteroatoms. The molecular weight excluding hydrogens is 458 g/mol. The van der Waals surface area contributed by atoms with Crippen molar-refractivity contribution in [2.75, 3.05) is 7.11 Å². The molecule has 2 aromatic carbocycles. The number of phenols is 1. The number of methoxy groups -OCH3 is 1. The molecule has 18 heavy (non-hydrogen) atoms. The molecule has 2 aromatic rings. The van der Waals surface area contributed by atoms with Gasteiger partial charge in [0.05, 0.1) is 14.3 Å². The molecule has 0 aromatic heterocycles. The van der Waals surface area contributed by atoms with Crippen molar-refractivity contribution >= 4 is 45.2 Å². The first-order valence-corrected chi connectivity index (χ1v) is 7.26. The number of hydrogen-bond acceptors (Lipinski definition) is 3. The summed E-state index contributed by atoms with van der Waals surface area (Å²) in [6.07, 6.45) is 0. The molecule has 0 bridgehead atoms. The number of benzene rings is 2. The van der Waals surface area contributed by atoms with Gasteiger partial charge in [0.1, 0.15) is 17.2 Å². The highest BCUT2D eigenvalue weighted by Crippen LogP contribution is 2.34. The molecule has 2 rings (SSSR count). The first-order chi connectivity index (χ1) is 8.60. The standard InChI is InChI=1S/C13H10I2O3/c1-17-9-2-4-10(5-3-9)18-13-11(14)6-8(16)7-12(13)15/h2-7,16H,1H3. The van der Waals surface area contributed by atoms with Gasteiger partial charge in [-0.2, -0.15) is 0 Å². The smallest absolute Gasteiger partial charge is 0.154 e. The third-order valence-corrected chi connectivity index (χ3v) is 3.86. The van der Waals surface area contributed by atoms with Gasteiger partial charge in [-0.1, -0.05) is 0 Å². The summed E-state index contributed by atoms with van der Waals surface area (Å²) in [6, 6.07) is 10.7. The maximum atomic E-state index is 9.47. The molecule has 0 fully saturated rings. The van der Waals surface area contributed by atoms with Crippen LogP contribution >= 0.6 is 45.2 Å². The second-order valence-corrected chi connectivity index (χ2v) is 5.84. The Morgan fingerprint density at radius 3 is 1.94 bits per heavy atom. The molecule has 1 N–H and O–H groups in total. The molecule has 94 valence electrons. The highest BCUT2D eigenvalue weighted by atomic mass is 127. The van der Waals surface area contributed by atoms with Crippen LogP contribution in [0.4, 0.5) is 0 Å². The van der Waals surface area contributed by atoms with Gasteiger partial charge in [-0.25, -0.2) is 0 Å². The number of halogens is 2. The maximum Gasteiger partial charge on any atom is 0.154 e. The molecule has 0 amide bonds. The Kier molecular flexibility index (Phi) is 4.55. The SMILES string of the molecule is COc1ccc(Oc2c(I)cc(O)cc2I)cc1. The van der Waals surface area contributed by atoms with E-state index >= 15 is 0 Å². The van der Waals surface area contributed by atoms with Crippen LogP contribution in [0.2, 0.25) is 0 Å². The number of hydrogen-bond donors (Lipinski definition) is 1. The molecule has 0 atom stereocenters. The van der Waals surface area contributed by atoms with Crippen molar-refractivity contribution < 1.29 is 14.6 Å². The van der Waals surface area contributed by atoms with Crippen LogP contribution in [0.15, 0.2) is 36.4 Å². The Hall–Kier alpha value is -0.700. The van der Waals surface area contributed by atoms with Crippen LogP contribution in [0.25, 0.3) is 0 Å². The lowest BCUT2D eigenvalue weighted by Gasteiger charge is -2.10. The maximum absolute atomic E-state index is 9.47. The zero-order chi connectivity index (χ0) is 13.1. The number of phenolic OH excluding ortho intramolecular Hbond substituents is 1. The summed E-state index contributed by atoms with van der Waals surface area (Å²) in [7, 11) is 1.63. The van der Waals surface area contributed by atoms with Gasteiger partial charge in [0.2, 0.25) is 0 Å². The monoisotopic (exact) mass is 468 g/mol. The zero-order valence-electron chi connectivity index (χ0n) is 9.48. The Labute approximate surface area is 132 Å². The third kappa shape index (κ3) is 3.19. The summed E-state index contributed by atoms with van der Waals surface area (Å²) >= 11 is 4.28. The Morgan fingerprint density at radius 2 is 1.44 bits per heavy atom. The summed E-state index contributed by atoms with van der Waals surface area (Å²) in [4.78, 5) is 0. The van der Waals surface area contributed by atoms with E-state index in [0.29, 0.717) is 0 Å². The largest absolute Gasteiger partial charge is 0.508 e. The van der Waals surface area contributed by atoms with Crippen molar-refractivity contribution in [3.8, 4) is 23.0 Å². The molecule has 0 heterocycles. The minimum atomic E-state index is 0.242. The predicted molar refractivity (Wildman–Crippen MR) is 86.6 cm³/mol. The average molecular weight is 468 g/mol. The van der Waals surface area contributed by atoms with Crippen LogP contribution in [-0.4, -0.2) is 12.2 Å². The van der Waals surface area contributed by atoms with Crippen molar-refractivity contribution in [3.05, 3.63) is 43.5 Å². The molecule has 0 aliphatic heterocycles. The lowest BCUT2D eigenvalue weighted by Crippen LogP contribution is -1.91. The van der Waals surface area contributed by atoms with E-state index in [2.05, 4.69) is 45.2 Å². The van der Waals surface area contributed by atoms with Gasteiger partial charge in [0, 0.05) is 0 Å². The van der Waals surface area contributed by atoms with E-state index in [9.17, 15) is 5.11 Å². The quantitative estimate of drug-likeness (QED) is 0.680. The molecule has 0 aliphatic carbocycles. The van der Waals surface area contributed by atoms with E-state index in [-0.39, 0.29) is 5.75 Å². The van der Waals surface area contributed by atoms with Gasteiger partial charge < -0.3 is 14.6 Å². The average Bonchev–Trinajstić information content (AvgIpc) is 2.34. The van der Waals surface area contributed by atoms with Crippen LogP contribution in [0.5, 0.6) is 23.0 Å². The highest BCUT2D eigenvalue weighted by molar-refractivity contribution is 14.1. The summed E-state index contributed by atoms with van der Waals surface area (Å²) in [6.45, 7) is 0. The van der Waals surface area contributed by atoms with Gasteiger partial charge >= 0.3 is 0 Å². The number of rotatable bonds is 3. The van der Waals surface area contributed by atoms with Gasteiger partial charge in [-0.15, -0.1) is 0 Å². The van der Waals surface area contributed by atoms with Crippen LogP contribution in [0.1, 0.15) is 0 Å². The van der Waals surface area contributed by atoms with Crippen LogP contribution in [0.3, 0.4) is 0 Å². The van der Waals surface area contributed by atoms with Gasteiger partial charge in [-0.3, -0.25) is 0 Å². The first kappa shape index (κ1) is 13.7. The normalized spacial score (nSPS) is 10.2. The van der Waals surface area contributed by atoms with Crippen molar-refractivity contribution in [1.82, 2.24) is 0 Å². The third-order valence-electron chi connectivity index (χ3n) is 2.26. The molecular formula is C13H10I2O3. The first-order valence-electron chi connectivity index (χ1n) is 5.10. The summed E-state index contributed by atoms with van der Waals surface area (Å²) < 4.78 is 12.6. The molecule has 3 nitrogen and oxygen atoms in total. The molecule has 0 aliphatic rings. The van der Waals surface area contributed by atoms with E-state index in [1.807, 2.05) is 24.3 Å². The fourth-order valence-electron chi connectivity index (χ4n) is 1.41. The molecule has 0 radical (unpaired) electrons. The summed E-state index contributed by atoms with van der Waals surface area (Å²) in [5.74, 6) is 2.51. The van der Waals surface area contributed by atoms with Crippen LogP contribution < -0.4 is 9.47 Å². The number of ether oxygens (including phenoxy) is 2. The van der Waals surface area contributed by atoms with Crippen molar-refractivity contribution in [1.29, 1.82) is 0 Å². The fourth-order valence-corrected chi connectivity index (χ4v) is 3.36. The van der Waals surface area contributed by atoms with Gasteiger partial charge in [-0.05, 0) is 81.6 Å². The van der Waals surface area contributed by atoms with Crippen molar-refractivity contribution in [3.63, 3.8) is 0 Å². The van der Waals surface area contributed by atoms with E-state index in [0.717, 1.165) is 24.4 Å².